The third kappa shape index (κ3) is 4.20. The number of benzene rings is 3. The summed E-state index contributed by atoms with van der Waals surface area (Å²) in [6.07, 6.45) is 0.00949. The summed E-state index contributed by atoms with van der Waals surface area (Å²) in [5, 5.41) is 11.2. The molecule has 0 bridgehead atoms. The van der Waals surface area contributed by atoms with Gasteiger partial charge in [0.05, 0.1) is 30.4 Å². The highest BCUT2D eigenvalue weighted by Crippen LogP contribution is 2.43. The number of ketones is 1. The van der Waals surface area contributed by atoms with Gasteiger partial charge in [-0.25, -0.2) is 0 Å². The lowest BCUT2D eigenvalue weighted by molar-refractivity contribution is -0.132. The SMILES string of the molecule is COc1ccccc1/C(O)=C1/C(=O)C(=O)N(c2ccc(OC(C)C)cc2)C1c1ccccc1. The maximum Gasteiger partial charge on any atom is 0.300 e. The van der Waals surface area contributed by atoms with Crippen LogP contribution in [0.1, 0.15) is 31.0 Å². The topological polar surface area (TPSA) is 76.1 Å². The van der Waals surface area contributed by atoms with Crippen molar-refractivity contribution in [2.45, 2.75) is 26.0 Å². The molecule has 0 saturated carbocycles. The first-order valence-electron chi connectivity index (χ1n) is 10.7. The van der Waals surface area contributed by atoms with E-state index in [9.17, 15) is 14.7 Å². The number of Topliss-reactive ketones (excluding diaryl/α,β-unsaturated/α-hetero) is 1. The molecular weight excluding hydrogens is 418 g/mol. The van der Waals surface area contributed by atoms with Crippen LogP contribution in [0.2, 0.25) is 0 Å². The second kappa shape index (κ2) is 9.20. The molecule has 1 unspecified atom stereocenters. The molecule has 1 aliphatic heterocycles. The summed E-state index contributed by atoms with van der Waals surface area (Å²) < 4.78 is 11.1. The van der Waals surface area contributed by atoms with E-state index in [-0.39, 0.29) is 17.4 Å². The molecule has 168 valence electrons. The van der Waals surface area contributed by atoms with E-state index in [4.69, 9.17) is 9.47 Å². The van der Waals surface area contributed by atoms with E-state index in [1.54, 1.807) is 48.5 Å². The van der Waals surface area contributed by atoms with Crippen LogP contribution in [-0.4, -0.2) is 30.0 Å². The molecule has 6 heteroatoms. The Balaban J connectivity index is 1.88. The minimum atomic E-state index is -0.798. The summed E-state index contributed by atoms with van der Waals surface area (Å²) >= 11 is 0. The zero-order valence-corrected chi connectivity index (χ0v) is 18.7. The second-order valence-corrected chi connectivity index (χ2v) is 7.94. The molecule has 1 heterocycles. The number of rotatable bonds is 6. The van der Waals surface area contributed by atoms with Gasteiger partial charge in [-0.05, 0) is 55.8 Å². The molecule has 0 aromatic heterocycles. The van der Waals surface area contributed by atoms with Crippen molar-refractivity contribution < 1.29 is 24.2 Å². The smallest absolute Gasteiger partial charge is 0.300 e. The quantitative estimate of drug-likeness (QED) is 0.326. The zero-order valence-electron chi connectivity index (χ0n) is 18.7. The normalized spacial score (nSPS) is 17.5. The van der Waals surface area contributed by atoms with E-state index >= 15 is 0 Å². The van der Waals surface area contributed by atoms with Crippen LogP contribution in [0.3, 0.4) is 0 Å². The number of carbonyl (C=O) groups excluding carboxylic acids is 2. The first kappa shape index (κ1) is 22.1. The number of amides is 1. The van der Waals surface area contributed by atoms with Crippen molar-refractivity contribution in [3.63, 3.8) is 0 Å². The van der Waals surface area contributed by atoms with E-state index in [1.165, 1.54) is 12.0 Å². The van der Waals surface area contributed by atoms with E-state index in [0.717, 1.165) is 0 Å². The van der Waals surface area contributed by atoms with Crippen molar-refractivity contribution in [2.75, 3.05) is 12.0 Å². The number of ether oxygens (including phenoxy) is 2. The minimum Gasteiger partial charge on any atom is -0.507 e. The average Bonchev–Trinajstić information content (AvgIpc) is 3.10. The van der Waals surface area contributed by atoms with Crippen molar-refractivity contribution in [1.29, 1.82) is 0 Å². The second-order valence-electron chi connectivity index (χ2n) is 7.94. The van der Waals surface area contributed by atoms with Crippen LogP contribution in [0.4, 0.5) is 5.69 Å². The van der Waals surface area contributed by atoms with E-state index in [1.807, 2.05) is 44.2 Å². The molecule has 1 amide bonds. The summed E-state index contributed by atoms with van der Waals surface area (Å²) in [7, 11) is 1.49. The van der Waals surface area contributed by atoms with Crippen LogP contribution in [0.25, 0.3) is 5.76 Å². The Morgan fingerprint density at radius 1 is 0.909 bits per heavy atom. The van der Waals surface area contributed by atoms with Gasteiger partial charge >= 0.3 is 0 Å². The van der Waals surface area contributed by atoms with Gasteiger partial charge in [-0.3, -0.25) is 14.5 Å². The number of aliphatic hydroxyl groups is 1. The molecule has 0 radical (unpaired) electrons. The Labute approximate surface area is 192 Å². The van der Waals surface area contributed by atoms with Gasteiger partial charge in [0.25, 0.3) is 11.7 Å². The number of nitrogens with zero attached hydrogens (tertiary/aromatic N) is 1. The van der Waals surface area contributed by atoms with Gasteiger partial charge < -0.3 is 14.6 Å². The third-order valence-corrected chi connectivity index (χ3v) is 5.41. The van der Waals surface area contributed by atoms with Crippen LogP contribution < -0.4 is 14.4 Å². The van der Waals surface area contributed by atoms with Gasteiger partial charge in [0.1, 0.15) is 17.3 Å². The molecule has 3 aromatic rings. The molecule has 0 spiro atoms. The van der Waals surface area contributed by atoms with Gasteiger partial charge in [-0.15, -0.1) is 0 Å². The molecule has 4 rings (SSSR count). The Morgan fingerprint density at radius 2 is 1.55 bits per heavy atom. The lowest BCUT2D eigenvalue weighted by Crippen LogP contribution is -2.29. The summed E-state index contributed by atoms with van der Waals surface area (Å²) in [5.74, 6) is -0.673. The fraction of sp³-hybridized carbons (Fsp3) is 0.185. The predicted molar refractivity (Wildman–Crippen MR) is 126 cm³/mol. The third-order valence-electron chi connectivity index (χ3n) is 5.41. The van der Waals surface area contributed by atoms with Crippen LogP contribution in [-0.2, 0) is 9.59 Å². The van der Waals surface area contributed by atoms with Crippen LogP contribution in [0.15, 0.2) is 84.4 Å². The van der Waals surface area contributed by atoms with Crippen LogP contribution in [0.5, 0.6) is 11.5 Å². The maximum absolute atomic E-state index is 13.2. The number of hydrogen-bond acceptors (Lipinski definition) is 5. The lowest BCUT2D eigenvalue weighted by Gasteiger charge is -2.25. The first-order chi connectivity index (χ1) is 15.9. The van der Waals surface area contributed by atoms with E-state index in [0.29, 0.717) is 28.3 Å². The van der Waals surface area contributed by atoms with E-state index < -0.39 is 17.7 Å². The molecule has 6 nitrogen and oxygen atoms in total. The Morgan fingerprint density at radius 3 is 2.18 bits per heavy atom. The van der Waals surface area contributed by atoms with Crippen LogP contribution >= 0.6 is 0 Å². The molecule has 1 N–H and O–H groups in total. The monoisotopic (exact) mass is 443 g/mol. The highest BCUT2D eigenvalue weighted by Gasteiger charge is 2.47. The van der Waals surface area contributed by atoms with Gasteiger partial charge in [0, 0.05) is 5.69 Å². The Bertz CT molecular complexity index is 1200. The van der Waals surface area contributed by atoms with Gasteiger partial charge in [0.15, 0.2) is 0 Å². The average molecular weight is 443 g/mol. The predicted octanol–water partition coefficient (Wildman–Crippen LogP) is 5.11. The van der Waals surface area contributed by atoms with Gasteiger partial charge in [-0.2, -0.15) is 0 Å². The van der Waals surface area contributed by atoms with Crippen LogP contribution in [0, 0.1) is 0 Å². The number of anilines is 1. The highest BCUT2D eigenvalue weighted by atomic mass is 16.5. The standard InChI is InChI=1S/C27H25NO5/c1-17(2)33-20-15-13-19(14-16-20)28-24(18-9-5-4-6-10-18)23(26(30)27(28)31)25(29)21-11-7-8-12-22(21)32-3/h4-17,24,29H,1-3H3/b25-23-. The first-order valence-corrected chi connectivity index (χ1v) is 10.7. The van der Waals surface area contributed by atoms with Crippen molar-refractivity contribution in [2.24, 2.45) is 0 Å². The van der Waals surface area contributed by atoms with Crippen molar-refractivity contribution in [1.82, 2.24) is 0 Å². The lowest BCUT2D eigenvalue weighted by atomic mass is 9.95. The molecular formula is C27H25NO5. The van der Waals surface area contributed by atoms with Crippen molar-refractivity contribution in [3.05, 3.63) is 95.6 Å². The van der Waals surface area contributed by atoms with E-state index in [2.05, 4.69) is 0 Å². The summed E-state index contributed by atoms with van der Waals surface area (Å²) in [6.45, 7) is 3.86. The minimum absolute atomic E-state index is 0.00949. The highest BCUT2D eigenvalue weighted by molar-refractivity contribution is 6.51. The van der Waals surface area contributed by atoms with Gasteiger partial charge in [0.2, 0.25) is 0 Å². The Hall–Kier alpha value is -4.06. The maximum atomic E-state index is 13.2. The summed E-state index contributed by atoms with van der Waals surface area (Å²) in [4.78, 5) is 27.9. The molecule has 33 heavy (non-hydrogen) atoms. The van der Waals surface area contributed by atoms with Gasteiger partial charge in [-0.1, -0.05) is 42.5 Å². The number of carbonyl (C=O) groups is 2. The number of hydrogen-bond donors (Lipinski definition) is 1. The molecule has 1 saturated heterocycles. The molecule has 1 fully saturated rings. The number of aliphatic hydroxyl groups excluding tert-OH is 1. The zero-order chi connectivity index (χ0) is 23.5. The Kier molecular flexibility index (Phi) is 6.18. The van der Waals surface area contributed by atoms with Crippen molar-refractivity contribution >= 4 is 23.1 Å². The fourth-order valence-corrected chi connectivity index (χ4v) is 3.99. The van der Waals surface area contributed by atoms with Crippen molar-refractivity contribution in [3.8, 4) is 11.5 Å². The summed E-state index contributed by atoms with van der Waals surface area (Å²) in [5.41, 5.74) is 1.59. The molecule has 1 atom stereocenters. The summed E-state index contributed by atoms with van der Waals surface area (Å²) in [6, 6.07) is 22.2. The molecule has 3 aromatic carbocycles. The largest absolute Gasteiger partial charge is 0.507 e. The molecule has 1 aliphatic rings. The number of methoxy groups -OCH3 is 1. The number of para-hydroxylation sites is 1. The molecule has 0 aliphatic carbocycles. The fourth-order valence-electron chi connectivity index (χ4n) is 3.99.